The second-order valence-electron chi connectivity index (χ2n) is 6.63. The highest BCUT2D eigenvalue weighted by atomic mass is 32.1. The van der Waals surface area contributed by atoms with E-state index in [-0.39, 0.29) is 24.8 Å². The van der Waals surface area contributed by atoms with E-state index >= 15 is 0 Å². The Bertz CT molecular complexity index is 694. The summed E-state index contributed by atoms with van der Waals surface area (Å²) in [6.45, 7) is 8.09. The normalized spacial score (nSPS) is 14.9. The van der Waals surface area contributed by atoms with Crippen molar-refractivity contribution in [1.29, 1.82) is 0 Å². The Morgan fingerprint density at radius 3 is 2.88 bits per heavy atom. The van der Waals surface area contributed by atoms with Crippen LogP contribution in [0.2, 0.25) is 0 Å². The maximum atomic E-state index is 12.1. The SMILES string of the molecule is CCC(C)C(C)(O)CNC(=O)Cc1csc(-c2cccc(C)c2)n1. The number of hydrogen-bond donors (Lipinski definition) is 2. The molecular formula is C19H26N2O2S. The van der Waals surface area contributed by atoms with Gasteiger partial charge in [0.25, 0.3) is 0 Å². The van der Waals surface area contributed by atoms with Crippen LogP contribution in [-0.2, 0) is 11.2 Å². The second kappa shape index (κ2) is 7.90. The molecule has 0 saturated heterocycles. The number of aryl methyl sites for hydroxylation is 1. The number of rotatable bonds is 7. The van der Waals surface area contributed by atoms with Gasteiger partial charge in [-0.05, 0) is 25.8 Å². The number of aromatic nitrogens is 1. The van der Waals surface area contributed by atoms with Crippen molar-refractivity contribution in [3.05, 3.63) is 40.9 Å². The molecule has 0 aliphatic carbocycles. The van der Waals surface area contributed by atoms with Gasteiger partial charge < -0.3 is 10.4 Å². The van der Waals surface area contributed by atoms with Gasteiger partial charge >= 0.3 is 0 Å². The lowest BCUT2D eigenvalue weighted by Gasteiger charge is -2.29. The van der Waals surface area contributed by atoms with Crippen LogP contribution in [0.4, 0.5) is 0 Å². The number of benzene rings is 1. The maximum Gasteiger partial charge on any atom is 0.226 e. The predicted octanol–water partition coefficient (Wildman–Crippen LogP) is 3.57. The highest BCUT2D eigenvalue weighted by Gasteiger charge is 2.27. The summed E-state index contributed by atoms with van der Waals surface area (Å²) >= 11 is 1.54. The maximum absolute atomic E-state index is 12.1. The molecular weight excluding hydrogens is 320 g/mol. The lowest BCUT2D eigenvalue weighted by molar-refractivity contribution is -0.122. The van der Waals surface area contributed by atoms with E-state index in [9.17, 15) is 9.90 Å². The third-order valence-corrected chi connectivity index (χ3v) is 5.42. The van der Waals surface area contributed by atoms with E-state index in [4.69, 9.17) is 0 Å². The van der Waals surface area contributed by atoms with E-state index in [1.54, 1.807) is 18.3 Å². The van der Waals surface area contributed by atoms with E-state index in [1.165, 1.54) is 5.56 Å². The third-order valence-electron chi connectivity index (χ3n) is 4.48. The fourth-order valence-corrected chi connectivity index (χ4v) is 3.23. The van der Waals surface area contributed by atoms with E-state index < -0.39 is 5.60 Å². The van der Waals surface area contributed by atoms with Crippen LogP contribution < -0.4 is 5.32 Å². The molecule has 0 aliphatic heterocycles. The van der Waals surface area contributed by atoms with Crippen molar-refractivity contribution in [3.63, 3.8) is 0 Å². The van der Waals surface area contributed by atoms with Crippen LogP contribution in [0.1, 0.15) is 38.4 Å². The van der Waals surface area contributed by atoms with Gasteiger partial charge in [-0.3, -0.25) is 4.79 Å². The van der Waals surface area contributed by atoms with E-state index in [0.29, 0.717) is 0 Å². The molecule has 1 aromatic heterocycles. The van der Waals surface area contributed by atoms with Gasteiger partial charge in [0.15, 0.2) is 0 Å². The Morgan fingerprint density at radius 2 is 2.21 bits per heavy atom. The van der Waals surface area contributed by atoms with Crippen LogP contribution in [0.15, 0.2) is 29.6 Å². The van der Waals surface area contributed by atoms with Gasteiger partial charge in [-0.2, -0.15) is 0 Å². The molecule has 1 aromatic carbocycles. The van der Waals surface area contributed by atoms with Crippen LogP contribution >= 0.6 is 11.3 Å². The van der Waals surface area contributed by atoms with Gasteiger partial charge in [0.05, 0.1) is 17.7 Å². The molecule has 2 aromatic rings. The van der Waals surface area contributed by atoms with Gasteiger partial charge in [-0.1, -0.05) is 44.0 Å². The van der Waals surface area contributed by atoms with E-state index in [0.717, 1.165) is 22.7 Å². The number of carbonyl (C=O) groups is 1. The first kappa shape index (κ1) is 18.6. The Labute approximate surface area is 148 Å². The van der Waals surface area contributed by atoms with Gasteiger partial charge in [-0.25, -0.2) is 4.98 Å². The average molecular weight is 346 g/mol. The molecule has 24 heavy (non-hydrogen) atoms. The molecule has 2 N–H and O–H groups in total. The van der Waals surface area contributed by atoms with Crippen LogP contribution in [0, 0.1) is 12.8 Å². The summed E-state index contributed by atoms with van der Waals surface area (Å²) in [6.07, 6.45) is 1.10. The summed E-state index contributed by atoms with van der Waals surface area (Å²) in [5.41, 5.74) is 2.14. The zero-order chi connectivity index (χ0) is 17.7. The number of hydrogen-bond acceptors (Lipinski definition) is 4. The van der Waals surface area contributed by atoms with Gasteiger partial charge in [0.2, 0.25) is 5.91 Å². The number of nitrogens with one attached hydrogen (secondary N) is 1. The second-order valence-corrected chi connectivity index (χ2v) is 7.49. The molecule has 0 bridgehead atoms. The molecule has 0 aliphatic rings. The zero-order valence-corrected chi connectivity index (χ0v) is 15.6. The summed E-state index contributed by atoms with van der Waals surface area (Å²) in [5.74, 6) is 0.0182. The molecule has 0 saturated carbocycles. The van der Waals surface area contributed by atoms with Crippen LogP contribution in [-0.4, -0.2) is 28.1 Å². The topological polar surface area (TPSA) is 62.2 Å². The molecule has 1 amide bonds. The van der Waals surface area contributed by atoms with Crippen molar-refractivity contribution in [3.8, 4) is 10.6 Å². The zero-order valence-electron chi connectivity index (χ0n) is 14.8. The predicted molar refractivity (Wildman–Crippen MR) is 99.1 cm³/mol. The Morgan fingerprint density at radius 1 is 1.46 bits per heavy atom. The van der Waals surface area contributed by atoms with Crippen LogP contribution in [0.25, 0.3) is 10.6 Å². The molecule has 5 heteroatoms. The monoisotopic (exact) mass is 346 g/mol. The lowest BCUT2D eigenvalue weighted by atomic mass is 9.88. The Hall–Kier alpha value is -1.72. The number of carbonyl (C=O) groups excluding carboxylic acids is 1. The van der Waals surface area contributed by atoms with Crippen molar-refractivity contribution in [2.24, 2.45) is 5.92 Å². The Balaban J connectivity index is 1.94. The van der Waals surface area contributed by atoms with Crippen molar-refractivity contribution in [2.75, 3.05) is 6.54 Å². The summed E-state index contributed by atoms with van der Waals surface area (Å²) in [5, 5.41) is 16.0. The van der Waals surface area contributed by atoms with Gasteiger partial charge in [0.1, 0.15) is 5.01 Å². The summed E-state index contributed by atoms with van der Waals surface area (Å²) in [6, 6.07) is 8.18. The first-order chi connectivity index (χ1) is 11.3. The molecule has 1 heterocycles. The molecule has 0 spiro atoms. The Kier molecular flexibility index (Phi) is 6.13. The van der Waals surface area contributed by atoms with Crippen molar-refractivity contribution < 1.29 is 9.90 Å². The quantitative estimate of drug-likeness (QED) is 0.805. The first-order valence-electron chi connectivity index (χ1n) is 8.32. The summed E-state index contributed by atoms with van der Waals surface area (Å²) in [4.78, 5) is 16.7. The fraction of sp³-hybridized carbons (Fsp3) is 0.474. The first-order valence-corrected chi connectivity index (χ1v) is 9.20. The van der Waals surface area contributed by atoms with Gasteiger partial charge in [0, 0.05) is 17.5 Å². The number of aliphatic hydroxyl groups is 1. The number of amides is 1. The molecule has 2 rings (SSSR count). The third kappa shape index (κ3) is 4.89. The highest BCUT2D eigenvalue weighted by molar-refractivity contribution is 7.13. The molecule has 0 radical (unpaired) electrons. The minimum Gasteiger partial charge on any atom is -0.388 e. The highest BCUT2D eigenvalue weighted by Crippen LogP contribution is 2.24. The standard InChI is InChI=1S/C19H26N2O2S/c1-5-14(3)19(4,23)12-20-17(22)10-16-11-24-18(21-16)15-8-6-7-13(2)9-15/h6-9,11,14,23H,5,10,12H2,1-4H3,(H,20,22). The van der Waals surface area contributed by atoms with Crippen molar-refractivity contribution in [1.82, 2.24) is 10.3 Å². The minimum absolute atomic E-state index is 0.111. The summed E-state index contributed by atoms with van der Waals surface area (Å²) in [7, 11) is 0. The minimum atomic E-state index is -0.890. The lowest BCUT2D eigenvalue weighted by Crippen LogP contribution is -2.45. The van der Waals surface area contributed by atoms with E-state index in [1.807, 2.05) is 31.4 Å². The van der Waals surface area contributed by atoms with Crippen molar-refractivity contribution >= 4 is 17.2 Å². The largest absolute Gasteiger partial charge is 0.388 e. The number of nitrogens with zero attached hydrogens (tertiary/aromatic N) is 1. The fourth-order valence-electron chi connectivity index (χ4n) is 2.42. The molecule has 0 fully saturated rings. The molecule has 4 nitrogen and oxygen atoms in total. The number of thiazole rings is 1. The molecule has 2 atom stereocenters. The molecule has 2 unspecified atom stereocenters. The van der Waals surface area contributed by atoms with Crippen LogP contribution in [0.3, 0.4) is 0 Å². The smallest absolute Gasteiger partial charge is 0.226 e. The van der Waals surface area contributed by atoms with E-state index in [2.05, 4.69) is 29.4 Å². The average Bonchev–Trinajstić information content (AvgIpc) is 3.00. The molecule has 130 valence electrons. The van der Waals surface area contributed by atoms with Crippen molar-refractivity contribution in [2.45, 2.75) is 46.1 Å². The van der Waals surface area contributed by atoms with Gasteiger partial charge in [-0.15, -0.1) is 11.3 Å². The van der Waals surface area contributed by atoms with Crippen LogP contribution in [0.5, 0.6) is 0 Å². The summed E-state index contributed by atoms with van der Waals surface area (Å²) < 4.78 is 0.